The molecule has 0 saturated heterocycles. The number of benzene rings is 1. The van der Waals surface area contributed by atoms with E-state index < -0.39 is 23.6 Å². The third-order valence-electron chi connectivity index (χ3n) is 2.66. The summed E-state index contributed by atoms with van der Waals surface area (Å²) in [5.74, 6) is -3.78. The van der Waals surface area contributed by atoms with Gasteiger partial charge in [-0.25, -0.2) is 0 Å². The zero-order valence-electron chi connectivity index (χ0n) is 11.9. The molecule has 0 aliphatic rings. The zero-order valence-corrected chi connectivity index (χ0v) is 13.5. The number of rotatable bonds is 7. The van der Waals surface area contributed by atoms with Crippen LogP contribution in [0.4, 0.5) is 0 Å². The van der Waals surface area contributed by atoms with Crippen molar-refractivity contribution in [2.24, 2.45) is 5.92 Å². The van der Waals surface area contributed by atoms with Gasteiger partial charge in [-0.3, -0.25) is 14.4 Å². The summed E-state index contributed by atoms with van der Waals surface area (Å²) in [6.45, 7) is 3.42. The fraction of sp³-hybridized carbons (Fsp3) is 0.400. The maximum Gasteiger partial charge on any atom is 0.328 e. The monoisotopic (exact) mass is 356 g/mol. The molecule has 0 aromatic heterocycles. The Hall–Kier alpha value is -1.69. The van der Waals surface area contributed by atoms with Crippen LogP contribution in [0.1, 0.15) is 19.4 Å². The first-order valence-corrected chi connectivity index (χ1v) is 7.39. The number of esters is 2. The molecule has 1 rings (SSSR count). The van der Waals surface area contributed by atoms with Crippen molar-refractivity contribution in [3.63, 3.8) is 0 Å². The Morgan fingerprint density at radius 3 is 1.90 bits per heavy atom. The fourth-order valence-corrected chi connectivity index (χ4v) is 1.98. The summed E-state index contributed by atoms with van der Waals surface area (Å²) in [6, 6.07) is 7.06. The van der Waals surface area contributed by atoms with Gasteiger partial charge in [0, 0.05) is 10.9 Å². The van der Waals surface area contributed by atoms with Gasteiger partial charge in [0.1, 0.15) is 0 Å². The number of carbonyl (C=O) groups excluding carboxylic acids is 3. The fourth-order valence-electron chi connectivity index (χ4n) is 1.72. The van der Waals surface area contributed by atoms with E-state index in [4.69, 9.17) is 9.47 Å². The minimum atomic E-state index is -1.52. The Kier molecular flexibility index (Phi) is 7.08. The van der Waals surface area contributed by atoms with Crippen molar-refractivity contribution in [1.82, 2.24) is 0 Å². The lowest BCUT2D eigenvalue weighted by molar-refractivity contribution is -0.163. The van der Waals surface area contributed by atoms with Gasteiger partial charge in [0.05, 0.1) is 13.2 Å². The van der Waals surface area contributed by atoms with Gasteiger partial charge in [0.2, 0.25) is 5.92 Å². The van der Waals surface area contributed by atoms with E-state index in [0.29, 0.717) is 5.56 Å². The van der Waals surface area contributed by atoms with Crippen molar-refractivity contribution in [2.45, 2.75) is 20.3 Å². The van der Waals surface area contributed by atoms with Gasteiger partial charge < -0.3 is 9.47 Å². The minimum absolute atomic E-state index is 0.0322. The molecule has 0 bridgehead atoms. The first-order chi connectivity index (χ1) is 9.99. The van der Waals surface area contributed by atoms with Gasteiger partial charge in [-0.05, 0) is 31.5 Å². The molecule has 0 radical (unpaired) electrons. The van der Waals surface area contributed by atoms with Gasteiger partial charge in [-0.1, -0.05) is 28.1 Å². The van der Waals surface area contributed by atoms with Crippen LogP contribution in [0.3, 0.4) is 0 Å². The largest absolute Gasteiger partial charge is 0.465 e. The average Bonchev–Trinajstić information content (AvgIpc) is 2.42. The molecule has 0 spiro atoms. The Labute approximate surface area is 131 Å². The summed E-state index contributed by atoms with van der Waals surface area (Å²) in [7, 11) is 0. The molecule has 0 saturated carbocycles. The number of carbonyl (C=O) groups is 3. The molecule has 0 atom stereocenters. The van der Waals surface area contributed by atoms with Crippen LogP contribution in [0.25, 0.3) is 0 Å². The predicted octanol–water partition coefficient (Wildman–Crippen LogP) is 2.30. The summed E-state index contributed by atoms with van der Waals surface area (Å²) in [5, 5.41) is 0. The number of hydrogen-bond acceptors (Lipinski definition) is 5. The topological polar surface area (TPSA) is 69.7 Å². The highest BCUT2D eigenvalue weighted by atomic mass is 79.9. The molecule has 0 aliphatic carbocycles. The molecule has 114 valence electrons. The summed E-state index contributed by atoms with van der Waals surface area (Å²) in [6.07, 6.45) is -0.0322. The van der Waals surface area contributed by atoms with Crippen LogP contribution in [-0.4, -0.2) is 30.9 Å². The second-order valence-electron chi connectivity index (χ2n) is 4.21. The standard InChI is InChI=1S/C15H17BrO5/c1-3-20-14(18)13(15(19)21-4-2)12(17)9-10-5-7-11(16)8-6-10/h5-8,13H,3-4,9H2,1-2H3. The van der Waals surface area contributed by atoms with E-state index >= 15 is 0 Å². The molecule has 0 amide bonds. The highest BCUT2D eigenvalue weighted by Crippen LogP contribution is 2.14. The first kappa shape index (κ1) is 17.4. The van der Waals surface area contributed by atoms with Gasteiger partial charge >= 0.3 is 11.9 Å². The Bertz CT molecular complexity index is 491. The van der Waals surface area contributed by atoms with E-state index in [1.54, 1.807) is 38.1 Å². The molecule has 5 nitrogen and oxygen atoms in total. The second kappa shape index (κ2) is 8.56. The molecule has 0 unspecified atom stereocenters. The third kappa shape index (κ3) is 5.30. The van der Waals surface area contributed by atoms with Crippen LogP contribution in [0.15, 0.2) is 28.7 Å². The smallest absolute Gasteiger partial charge is 0.328 e. The van der Waals surface area contributed by atoms with Gasteiger partial charge in [0.25, 0.3) is 0 Å². The second-order valence-corrected chi connectivity index (χ2v) is 5.12. The quantitative estimate of drug-likeness (QED) is 0.553. The maximum absolute atomic E-state index is 12.2. The summed E-state index contributed by atoms with van der Waals surface area (Å²) >= 11 is 3.29. The summed E-state index contributed by atoms with van der Waals surface area (Å²) < 4.78 is 10.4. The van der Waals surface area contributed by atoms with Crippen LogP contribution in [0.5, 0.6) is 0 Å². The highest BCUT2D eigenvalue weighted by Gasteiger charge is 2.36. The van der Waals surface area contributed by atoms with E-state index in [-0.39, 0.29) is 19.6 Å². The molecule has 0 N–H and O–H groups in total. The molecule has 6 heteroatoms. The number of ketones is 1. The van der Waals surface area contributed by atoms with Gasteiger partial charge in [0.15, 0.2) is 5.78 Å². The number of ether oxygens (including phenoxy) is 2. The maximum atomic E-state index is 12.2. The Morgan fingerprint density at radius 2 is 1.48 bits per heavy atom. The van der Waals surface area contributed by atoms with Crippen molar-refractivity contribution in [3.05, 3.63) is 34.3 Å². The molecule has 1 aromatic carbocycles. The number of hydrogen-bond donors (Lipinski definition) is 0. The number of halogens is 1. The van der Waals surface area contributed by atoms with Crippen molar-refractivity contribution in [1.29, 1.82) is 0 Å². The lowest BCUT2D eigenvalue weighted by atomic mass is 9.98. The van der Waals surface area contributed by atoms with Crippen molar-refractivity contribution >= 4 is 33.7 Å². The Morgan fingerprint density at radius 1 is 1.00 bits per heavy atom. The van der Waals surface area contributed by atoms with Crippen molar-refractivity contribution < 1.29 is 23.9 Å². The van der Waals surface area contributed by atoms with Crippen LogP contribution in [0.2, 0.25) is 0 Å². The van der Waals surface area contributed by atoms with Crippen LogP contribution < -0.4 is 0 Å². The van der Waals surface area contributed by atoms with Crippen LogP contribution in [-0.2, 0) is 30.3 Å². The van der Waals surface area contributed by atoms with E-state index in [0.717, 1.165) is 4.47 Å². The lowest BCUT2D eigenvalue weighted by Crippen LogP contribution is -2.35. The SMILES string of the molecule is CCOC(=O)C(C(=O)Cc1ccc(Br)cc1)C(=O)OCC. The van der Waals surface area contributed by atoms with Gasteiger partial charge in [-0.2, -0.15) is 0 Å². The molecule has 21 heavy (non-hydrogen) atoms. The minimum Gasteiger partial charge on any atom is -0.465 e. The molecule has 0 fully saturated rings. The average molecular weight is 357 g/mol. The highest BCUT2D eigenvalue weighted by molar-refractivity contribution is 9.10. The van der Waals surface area contributed by atoms with E-state index in [1.165, 1.54) is 0 Å². The van der Waals surface area contributed by atoms with E-state index in [9.17, 15) is 14.4 Å². The van der Waals surface area contributed by atoms with Gasteiger partial charge in [-0.15, -0.1) is 0 Å². The lowest BCUT2D eigenvalue weighted by Gasteiger charge is -2.13. The zero-order chi connectivity index (χ0) is 15.8. The van der Waals surface area contributed by atoms with Crippen molar-refractivity contribution in [3.8, 4) is 0 Å². The van der Waals surface area contributed by atoms with E-state index in [1.807, 2.05) is 0 Å². The first-order valence-electron chi connectivity index (χ1n) is 6.60. The molecular weight excluding hydrogens is 340 g/mol. The van der Waals surface area contributed by atoms with Crippen LogP contribution in [0, 0.1) is 5.92 Å². The third-order valence-corrected chi connectivity index (χ3v) is 3.19. The molecule has 0 aliphatic heterocycles. The Balaban J connectivity index is 2.86. The van der Waals surface area contributed by atoms with Crippen molar-refractivity contribution in [2.75, 3.05) is 13.2 Å². The molecule has 0 heterocycles. The van der Waals surface area contributed by atoms with E-state index in [2.05, 4.69) is 15.9 Å². The number of Topliss-reactive ketones (excluding diaryl/α,β-unsaturated/α-hetero) is 1. The normalized spacial score (nSPS) is 10.3. The predicted molar refractivity (Wildman–Crippen MR) is 79.6 cm³/mol. The summed E-state index contributed by atoms with van der Waals surface area (Å²) in [5.41, 5.74) is 0.710. The van der Waals surface area contributed by atoms with Crippen LogP contribution >= 0.6 is 15.9 Å². The molecular formula is C15H17BrO5. The molecule has 1 aromatic rings. The summed E-state index contributed by atoms with van der Waals surface area (Å²) in [4.78, 5) is 35.8.